The largest absolute Gasteiger partial charge is 0.465 e. The van der Waals surface area contributed by atoms with Crippen molar-refractivity contribution in [3.63, 3.8) is 0 Å². The van der Waals surface area contributed by atoms with E-state index in [-0.39, 0.29) is 5.97 Å². The third-order valence-corrected chi connectivity index (χ3v) is 6.76. The summed E-state index contributed by atoms with van der Waals surface area (Å²) in [5.74, 6) is -0.344. The van der Waals surface area contributed by atoms with E-state index in [9.17, 15) is 4.79 Å². The van der Waals surface area contributed by atoms with Gasteiger partial charge < -0.3 is 4.74 Å². The fourth-order valence-electron chi connectivity index (χ4n) is 5.11. The standard InChI is InChI=1S/C34H24O2/c1-36-34(35)29-19-11-10-18-28(29)33-31-21-26-17-9-8-16-25(26)20-27(31)22-30(23-12-4-2-5-13-23)32(33)24-14-6-3-7-15-24/h2-22H,1H3. The molecule has 0 heterocycles. The molecule has 6 rings (SSSR count). The van der Waals surface area contributed by atoms with Gasteiger partial charge in [0.1, 0.15) is 0 Å². The molecule has 6 aromatic rings. The maximum atomic E-state index is 12.9. The average molecular weight is 465 g/mol. The van der Waals surface area contributed by atoms with Crippen LogP contribution in [0, 0.1) is 0 Å². The van der Waals surface area contributed by atoms with Gasteiger partial charge in [0.15, 0.2) is 0 Å². The minimum atomic E-state index is -0.344. The van der Waals surface area contributed by atoms with Gasteiger partial charge in [-0.1, -0.05) is 103 Å². The SMILES string of the molecule is COC(=O)c1ccccc1-c1c(-c2ccccc2)c(-c2ccccc2)cc2cc3ccccc3cc12. The number of fused-ring (bicyclic) bond motifs is 2. The summed E-state index contributed by atoms with van der Waals surface area (Å²) in [4.78, 5) is 12.9. The third-order valence-electron chi connectivity index (χ3n) is 6.76. The number of methoxy groups -OCH3 is 1. The molecule has 2 nitrogen and oxygen atoms in total. The predicted octanol–water partition coefficient (Wildman–Crippen LogP) is 8.78. The van der Waals surface area contributed by atoms with Crippen molar-refractivity contribution in [3.8, 4) is 33.4 Å². The maximum Gasteiger partial charge on any atom is 0.338 e. The first kappa shape index (κ1) is 21.8. The van der Waals surface area contributed by atoms with Gasteiger partial charge in [0.25, 0.3) is 0 Å². The first-order valence-corrected chi connectivity index (χ1v) is 12.0. The summed E-state index contributed by atoms with van der Waals surface area (Å²) in [5.41, 5.74) is 6.90. The Kier molecular flexibility index (Phi) is 5.55. The number of rotatable bonds is 4. The Bertz CT molecular complexity index is 1720. The van der Waals surface area contributed by atoms with E-state index in [4.69, 9.17) is 4.74 Å². The zero-order chi connectivity index (χ0) is 24.5. The summed E-state index contributed by atoms with van der Waals surface area (Å²) in [5, 5.41) is 4.57. The van der Waals surface area contributed by atoms with E-state index in [1.165, 1.54) is 12.5 Å². The van der Waals surface area contributed by atoms with Crippen LogP contribution in [-0.2, 0) is 4.74 Å². The predicted molar refractivity (Wildman–Crippen MR) is 149 cm³/mol. The second-order valence-corrected chi connectivity index (χ2v) is 8.86. The number of carbonyl (C=O) groups excluding carboxylic acids is 1. The zero-order valence-electron chi connectivity index (χ0n) is 19.9. The van der Waals surface area contributed by atoms with E-state index in [2.05, 4.69) is 91.0 Å². The van der Waals surface area contributed by atoms with Crippen LogP contribution in [0.1, 0.15) is 10.4 Å². The molecule has 0 saturated heterocycles. The van der Waals surface area contributed by atoms with Crippen LogP contribution in [0.15, 0.2) is 127 Å². The molecule has 36 heavy (non-hydrogen) atoms. The van der Waals surface area contributed by atoms with Crippen molar-refractivity contribution in [1.82, 2.24) is 0 Å². The highest BCUT2D eigenvalue weighted by Gasteiger charge is 2.22. The number of ether oxygens (including phenoxy) is 1. The molecule has 0 aliphatic carbocycles. The van der Waals surface area contributed by atoms with E-state index in [0.717, 1.165) is 49.5 Å². The Hall–Kier alpha value is -4.69. The van der Waals surface area contributed by atoms with Gasteiger partial charge >= 0.3 is 5.97 Å². The Morgan fingerprint density at radius 2 is 1.11 bits per heavy atom. The van der Waals surface area contributed by atoms with Gasteiger partial charge in [0.2, 0.25) is 0 Å². The van der Waals surface area contributed by atoms with Crippen LogP contribution < -0.4 is 0 Å². The van der Waals surface area contributed by atoms with Gasteiger partial charge in [-0.2, -0.15) is 0 Å². The molecule has 0 aliphatic rings. The van der Waals surface area contributed by atoms with Gasteiger partial charge in [-0.05, 0) is 79.2 Å². The van der Waals surface area contributed by atoms with Gasteiger partial charge in [0.05, 0.1) is 12.7 Å². The average Bonchev–Trinajstić information content (AvgIpc) is 2.95. The summed E-state index contributed by atoms with van der Waals surface area (Å²) in [7, 11) is 1.43. The van der Waals surface area contributed by atoms with Crippen molar-refractivity contribution in [2.75, 3.05) is 7.11 Å². The van der Waals surface area contributed by atoms with Crippen molar-refractivity contribution in [2.24, 2.45) is 0 Å². The van der Waals surface area contributed by atoms with Crippen LogP contribution in [0.2, 0.25) is 0 Å². The molecular formula is C34H24O2. The highest BCUT2D eigenvalue weighted by Crippen LogP contribution is 2.46. The van der Waals surface area contributed by atoms with Gasteiger partial charge in [0, 0.05) is 0 Å². The van der Waals surface area contributed by atoms with E-state index in [0.29, 0.717) is 5.56 Å². The minimum absolute atomic E-state index is 0.344. The van der Waals surface area contributed by atoms with Gasteiger partial charge in [-0.3, -0.25) is 0 Å². The molecule has 0 unspecified atom stereocenters. The molecule has 0 aliphatic heterocycles. The van der Waals surface area contributed by atoms with Crippen LogP contribution in [0.25, 0.3) is 54.9 Å². The Labute approximate surface area is 210 Å². The fraction of sp³-hybridized carbons (Fsp3) is 0.0294. The van der Waals surface area contributed by atoms with Crippen LogP contribution in [0.5, 0.6) is 0 Å². The lowest BCUT2D eigenvalue weighted by molar-refractivity contribution is 0.0601. The van der Waals surface area contributed by atoms with E-state index in [1.807, 2.05) is 36.4 Å². The van der Waals surface area contributed by atoms with Crippen LogP contribution in [0.4, 0.5) is 0 Å². The first-order valence-electron chi connectivity index (χ1n) is 12.0. The number of esters is 1. The van der Waals surface area contributed by atoms with Crippen molar-refractivity contribution in [2.45, 2.75) is 0 Å². The normalized spacial score (nSPS) is 11.0. The number of carbonyl (C=O) groups is 1. The quantitative estimate of drug-likeness (QED) is 0.192. The molecule has 0 amide bonds. The molecule has 0 spiro atoms. The van der Waals surface area contributed by atoms with Crippen LogP contribution >= 0.6 is 0 Å². The lowest BCUT2D eigenvalue weighted by atomic mass is 9.82. The first-order chi connectivity index (χ1) is 17.7. The Balaban J connectivity index is 1.85. The summed E-state index contributed by atoms with van der Waals surface area (Å²) in [6.07, 6.45) is 0. The monoisotopic (exact) mass is 464 g/mol. The third kappa shape index (κ3) is 3.73. The second kappa shape index (κ2) is 9.16. The number of benzene rings is 6. The number of hydrogen-bond acceptors (Lipinski definition) is 2. The molecule has 0 atom stereocenters. The second-order valence-electron chi connectivity index (χ2n) is 8.86. The molecule has 0 N–H and O–H groups in total. The highest BCUT2D eigenvalue weighted by atomic mass is 16.5. The Morgan fingerprint density at radius 3 is 1.81 bits per heavy atom. The van der Waals surface area contributed by atoms with E-state index in [1.54, 1.807) is 0 Å². The van der Waals surface area contributed by atoms with Crippen molar-refractivity contribution in [1.29, 1.82) is 0 Å². The summed E-state index contributed by atoms with van der Waals surface area (Å²) < 4.78 is 5.20. The summed E-state index contributed by atoms with van der Waals surface area (Å²) in [6, 6.07) is 43.8. The Morgan fingerprint density at radius 1 is 0.528 bits per heavy atom. The molecule has 6 aromatic carbocycles. The van der Waals surface area contributed by atoms with Crippen molar-refractivity contribution in [3.05, 3.63) is 133 Å². The molecule has 0 radical (unpaired) electrons. The van der Waals surface area contributed by atoms with Crippen LogP contribution in [0.3, 0.4) is 0 Å². The molecular weight excluding hydrogens is 440 g/mol. The summed E-state index contributed by atoms with van der Waals surface area (Å²) >= 11 is 0. The molecule has 172 valence electrons. The summed E-state index contributed by atoms with van der Waals surface area (Å²) in [6.45, 7) is 0. The minimum Gasteiger partial charge on any atom is -0.465 e. The number of hydrogen-bond donors (Lipinski definition) is 0. The molecule has 0 saturated carbocycles. The van der Waals surface area contributed by atoms with E-state index >= 15 is 0 Å². The topological polar surface area (TPSA) is 26.3 Å². The highest BCUT2D eigenvalue weighted by molar-refractivity contribution is 6.15. The van der Waals surface area contributed by atoms with Gasteiger partial charge in [-0.15, -0.1) is 0 Å². The van der Waals surface area contributed by atoms with Crippen LogP contribution in [-0.4, -0.2) is 13.1 Å². The van der Waals surface area contributed by atoms with Crippen molar-refractivity contribution >= 4 is 27.5 Å². The zero-order valence-corrected chi connectivity index (χ0v) is 19.9. The van der Waals surface area contributed by atoms with Gasteiger partial charge in [-0.25, -0.2) is 4.79 Å². The van der Waals surface area contributed by atoms with E-state index < -0.39 is 0 Å². The fourth-order valence-corrected chi connectivity index (χ4v) is 5.11. The molecule has 0 fully saturated rings. The van der Waals surface area contributed by atoms with Crippen molar-refractivity contribution < 1.29 is 9.53 Å². The molecule has 2 heteroatoms. The lowest BCUT2D eigenvalue weighted by Crippen LogP contribution is -2.04. The smallest absolute Gasteiger partial charge is 0.338 e. The molecule has 0 aromatic heterocycles. The maximum absolute atomic E-state index is 12.9. The molecule has 0 bridgehead atoms. The lowest BCUT2D eigenvalue weighted by Gasteiger charge is -2.21.